The molecule has 0 radical (unpaired) electrons. The van der Waals surface area contributed by atoms with E-state index in [-0.39, 0.29) is 6.10 Å². The molecule has 0 aromatic carbocycles. The van der Waals surface area contributed by atoms with Gasteiger partial charge in [0.2, 0.25) is 0 Å². The molecule has 1 aliphatic rings. The summed E-state index contributed by atoms with van der Waals surface area (Å²) in [4.78, 5) is 9.44. The minimum Gasteiger partial charge on any atom is -0.373 e. The lowest BCUT2D eigenvalue weighted by Crippen LogP contribution is -2.12. The van der Waals surface area contributed by atoms with Crippen molar-refractivity contribution in [2.75, 3.05) is 19.0 Å². The van der Waals surface area contributed by atoms with E-state index in [1.165, 1.54) is 31.4 Å². The fourth-order valence-electron chi connectivity index (χ4n) is 2.94. The maximum absolute atomic E-state index is 5.83. The summed E-state index contributed by atoms with van der Waals surface area (Å²) in [7, 11) is 1.92. The third kappa shape index (κ3) is 3.69. The van der Waals surface area contributed by atoms with Gasteiger partial charge in [0.05, 0.1) is 0 Å². The van der Waals surface area contributed by atoms with Gasteiger partial charge in [0, 0.05) is 31.3 Å². The Morgan fingerprint density at radius 3 is 2.65 bits per heavy atom. The molecule has 1 unspecified atom stereocenters. The van der Waals surface area contributed by atoms with Gasteiger partial charge in [-0.3, -0.25) is 0 Å². The monoisotopic (exact) mass is 277 g/mol. The molecule has 0 aliphatic heterocycles. The summed E-state index contributed by atoms with van der Waals surface area (Å²) in [6.45, 7) is 4.91. The van der Waals surface area contributed by atoms with Crippen LogP contribution in [-0.2, 0) is 4.74 Å². The Balaban J connectivity index is 2.27. The molecule has 4 nitrogen and oxygen atoms in total. The van der Waals surface area contributed by atoms with Gasteiger partial charge in [0.25, 0.3) is 0 Å². The van der Waals surface area contributed by atoms with E-state index in [1.807, 2.05) is 14.0 Å². The fraction of sp³-hybridized carbons (Fsp3) is 0.750. The second-order valence-electron chi connectivity index (χ2n) is 5.50. The van der Waals surface area contributed by atoms with Gasteiger partial charge in [0.15, 0.2) is 5.82 Å². The average Bonchev–Trinajstić information content (AvgIpc) is 3.01. The molecule has 1 N–H and O–H groups in total. The topological polar surface area (TPSA) is 47.0 Å². The van der Waals surface area contributed by atoms with Gasteiger partial charge < -0.3 is 10.1 Å². The van der Waals surface area contributed by atoms with Gasteiger partial charge in [-0.2, -0.15) is 0 Å². The molecular weight excluding hydrogens is 250 g/mol. The molecule has 0 saturated heterocycles. The van der Waals surface area contributed by atoms with Gasteiger partial charge in [-0.25, -0.2) is 9.97 Å². The van der Waals surface area contributed by atoms with Crippen LogP contribution in [0.2, 0.25) is 0 Å². The molecule has 0 spiro atoms. The Morgan fingerprint density at radius 2 is 2.05 bits per heavy atom. The molecular formula is C16H27N3O. The molecule has 0 amide bonds. The molecule has 2 rings (SSSR count). The quantitative estimate of drug-likeness (QED) is 0.816. The minimum atomic E-state index is 0.0263. The fourth-order valence-corrected chi connectivity index (χ4v) is 2.94. The number of anilines is 1. The molecule has 20 heavy (non-hydrogen) atoms. The molecule has 1 aromatic heterocycles. The first-order chi connectivity index (χ1) is 9.78. The number of hydrogen-bond donors (Lipinski definition) is 1. The van der Waals surface area contributed by atoms with Gasteiger partial charge in [0.1, 0.15) is 11.9 Å². The van der Waals surface area contributed by atoms with Crippen molar-refractivity contribution in [3.63, 3.8) is 0 Å². The maximum Gasteiger partial charge on any atom is 0.159 e. The van der Waals surface area contributed by atoms with E-state index in [0.717, 1.165) is 24.5 Å². The van der Waals surface area contributed by atoms with Gasteiger partial charge in [-0.15, -0.1) is 0 Å². The Hall–Kier alpha value is -1.16. The second-order valence-corrected chi connectivity index (χ2v) is 5.50. The maximum atomic E-state index is 5.83. The zero-order chi connectivity index (χ0) is 14.4. The van der Waals surface area contributed by atoms with Gasteiger partial charge in [-0.05, 0) is 26.2 Å². The van der Waals surface area contributed by atoms with E-state index in [2.05, 4.69) is 23.3 Å². The molecule has 1 saturated carbocycles. The van der Waals surface area contributed by atoms with Crippen LogP contribution < -0.4 is 5.32 Å². The van der Waals surface area contributed by atoms with E-state index < -0.39 is 0 Å². The van der Waals surface area contributed by atoms with E-state index in [1.54, 1.807) is 0 Å². The number of aromatic nitrogens is 2. The standard InChI is InChI=1S/C16H27N3O/c1-4-8-14(20-5-2)16-18-13(11-15(17-3)19-16)12-9-6-7-10-12/h11-12,14H,4-10H2,1-3H3,(H,17,18,19). The highest BCUT2D eigenvalue weighted by molar-refractivity contribution is 5.36. The average molecular weight is 277 g/mol. The van der Waals surface area contributed by atoms with Crippen molar-refractivity contribution in [1.82, 2.24) is 9.97 Å². The number of ether oxygens (including phenoxy) is 1. The lowest BCUT2D eigenvalue weighted by Gasteiger charge is -2.18. The van der Waals surface area contributed by atoms with Crippen LogP contribution in [0.1, 0.15) is 75.9 Å². The van der Waals surface area contributed by atoms with Crippen LogP contribution in [0.5, 0.6) is 0 Å². The lowest BCUT2D eigenvalue weighted by molar-refractivity contribution is 0.0492. The first-order valence-electron chi connectivity index (χ1n) is 7.96. The summed E-state index contributed by atoms with van der Waals surface area (Å²) in [6.07, 6.45) is 7.24. The van der Waals surface area contributed by atoms with Crippen LogP contribution in [0.15, 0.2) is 6.07 Å². The third-order valence-electron chi connectivity index (χ3n) is 4.00. The normalized spacial score (nSPS) is 17.4. The summed E-state index contributed by atoms with van der Waals surface area (Å²) in [5, 5.41) is 3.16. The Labute approximate surface area is 122 Å². The highest BCUT2D eigenvalue weighted by atomic mass is 16.5. The number of hydrogen-bond acceptors (Lipinski definition) is 4. The van der Waals surface area contributed by atoms with Crippen LogP contribution >= 0.6 is 0 Å². The predicted octanol–water partition coefficient (Wildman–Crippen LogP) is 4.05. The zero-order valence-electron chi connectivity index (χ0n) is 13.0. The Morgan fingerprint density at radius 1 is 1.30 bits per heavy atom. The smallest absolute Gasteiger partial charge is 0.159 e. The van der Waals surface area contributed by atoms with Crippen LogP contribution in [0.3, 0.4) is 0 Å². The predicted molar refractivity (Wildman–Crippen MR) is 82.1 cm³/mol. The SMILES string of the molecule is CCCC(OCC)c1nc(NC)cc(C2CCCC2)n1. The minimum absolute atomic E-state index is 0.0263. The van der Waals surface area contributed by atoms with Crippen molar-refractivity contribution in [2.45, 2.75) is 64.4 Å². The molecule has 1 aliphatic carbocycles. The van der Waals surface area contributed by atoms with Crippen molar-refractivity contribution in [2.24, 2.45) is 0 Å². The van der Waals surface area contributed by atoms with E-state index in [4.69, 9.17) is 9.72 Å². The molecule has 1 atom stereocenters. The van der Waals surface area contributed by atoms with E-state index in [0.29, 0.717) is 12.5 Å². The first-order valence-corrected chi connectivity index (χ1v) is 7.96. The molecule has 4 heteroatoms. The van der Waals surface area contributed by atoms with Crippen molar-refractivity contribution in [3.05, 3.63) is 17.6 Å². The van der Waals surface area contributed by atoms with Crippen LogP contribution in [0, 0.1) is 0 Å². The Bertz CT molecular complexity index is 410. The molecule has 1 heterocycles. The lowest BCUT2D eigenvalue weighted by atomic mass is 10.0. The number of nitrogens with zero attached hydrogens (tertiary/aromatic N) is 2. The highest BCUT2D eigenvalue weighted by Crippen LogP contribution is 2.34. The van der Waals surface area contributed by atoms with Crippen molar-refractivity contribution in [3.8, 4) is 0 Å². The highest BCUT2D eigenvalue weighted by Gasteiger charge is 2.22. The van der Waals surface area contributed by atoms with Crippen molar-refractivity contribution in [1.29, 1.82) is 0 Å². The Kier molecular flexibility index (Phi) is 5.77. The molecule has 1 aromatic rings. The largest absolute Gasteiger partial charge is 0.373 e. The van der Waals surface area contributed by atoms with E-state index >= 15 is 0 Å². The second kappa shape index (κ2) is 7.58. The van der Waals surface area contributed by atoms with Crippen molar-refractivity contribution < 1.29 is 4.74 Å². The summed E-state index contributed by atoms with van der Waals surface area (Å²) in [6, 6.07) is 2.11. The molecule has 1 fully saturated rings. The van der Waals surface area contributed by atoms with E-state index in [9.17, 15) is 0 Å². The summed E-state index contributed by atoms with van der Waals surface area (Å²) >= 11 is 0. The summed E-state index contributed by atoms with van der Waals surface area (Å²) < 4.78 is 5.83. The van der Waals surface area contributed by atoms with Crippen LogP contribution in [0.4, 0.5) is 5.82 Å². The molecule has 0 bridgehead atoms. The van der Waals surface area contributed by atoms with Crippen LogP contribution in [-0.4, -0.2) is 23.6 Å². The van der Waals surface area contributed by atoms with Gasteiger partial charge in [-0.1, -0.05) is 26.2 Å². The summed E-state index contributed by atoms with van der Waals surface area (Å²) in [5.74, 6) is 2.37. The first kappa shape index (κ1) is 15.2. The van der Waals surface area contributed by atoms with Gasteiger partial charge >= 0.3 is 0 Å². The third-order valence-corrected chi connectivity index (χ3v) is 4.00. The summed E-state index contributed by atoms with van der Waals surface area (Å²) in [5.41, 5.74) is 1.19. The van der Waals surface area contributed by atoms with Crippen LogP contribution in [0.25, 0.3) is 0 Å². The van der Waals surface area contributed by atoms with Crippen molar-refractivity contribution >= 4 is 5.82 Å². The zero-order valence-corrected chi connectivity index (χ0v) is 13.0. The number of rotatable bonds is 7. The number of nitrogens with one attached hydrogen (secondary N) is 1. The molecule has 112 valence electrons.